The Morgan fingerprint density at radius 3 is 2.65 bits per heavy atom. The lowest BCUT2D eigenvalue weighted by Gasteiger charge is -2.10. The topological polar surface area (TPSA) is 72.6 Å². The lowest BCUT2D eigenvalue weighted by molar-refractivity contribution is -0.385. The Kier molecular flexibility index (Phi) is 4.55. The highest BCUT2D eigenvalue weighted by molar-refractivity contribution is 6.30. The van der Waals surface area contributed by atoms with Gasteiger partial charge in [0.1, 0.15) is 5.75 Å². The molecule has 2 rings (SSSR count). The van der Waals surface area contributed by atoms with Gasteiger partial charge in [-0.25, -0.2) is 0 Å². The van der Waals surface area contributed by atoms with Crippen molar-refractivity contribution in [2.24, 2.45) is 0 Å². The average molecular weight is 294 g/mol. The van der Waals surface area contributed by atoms with Crippen molar-refractivity contribution in [3.63, 3.8) is 0 Å². The van der Waals surface area contributed by atoms with Crippen molar-refractivity contribution in [3.05, 3.63) is 63.2 Å². The van der Waals surface area contributed by atoms with E-state index in [4.69, 9.17) is 21.4 Å². The van der Waals surface area contributed by atoms with E-state index >= 15 is 0 Å². The van der Waals surface area contributed by atoms with Gasteiger partial charge < -0.3 is 9.84 Å². The zero-order valence-electron chi connectivity index (χ0n) is 10.5. The molecule has 0 aromatic heterocycles. The van der Waals surface area contributed by atoms with Gasteiger partial charge in [-0.2, -0.15) is 0 Å². The molecule has 0 fully saturated rings. The molecule has 2 aromatic rings. The van der Waals surface area contributed by atoms with Crippen LogP contribution in [0.25, 0.3) is 0 Å². The van der Waals surface area contributed by atoms with Gasteiger partial charge in [0, 0.05) is 23.8 Å². The minimum atomic E-state index is -0.527. The van der Waals surface area contributed by atoms with Gasteiger partial charge in [0.05, 0.1) is 4.92 Å². The Hall–Kier alpha value is -2.11. The molecule has 0 saturated carbocycles. The molecule has 0 saturated heterocycles. The van der Waals surface area contributed by atoms with Crippen molar-refractivity contribution in [2.45, 2.75) is 6.42 Å². The Morgan fingerprint density at radius 2 is 1.95 bits per heavy atom. The molecule has 5 nitrogen and oxygen atoms in total. The fourth-order valence-electron chi connectivity index (χ4n) is 1.77. The minimum absolute atomic E-state index is 0.0297. The van der Waals surface area contributed by atoms with Gasteiger partial charge in [-0.3, -0.25) is 10.1 Å². The molecule has 0 heterocycles. The molecule has 0 aliphatic rings. The van der Waals surface area contributed by atoms with Crippen LogP contribution in [0.5, 0.6) is 11.5 Å². The van der Waals surface area contributed by atoms with Crippen molar-refractivity contribution in [1.82, 2.24) is 0 Å². The van der Waals surface area contributed by atoms with Crippen LogP contribution in [0.1, 0.15) is 5.56 Å². The molecule has 0 bridgehead atoms. The Morgan fingerprint density at radius 1 is 1.20 bits per heavy atom. The third-order valence-electron chi connectivity index (χ3n) is 2.69. The summed E-state index contributed by atoms with van der Waals surface area (Å²) >= 11 is 5.85. The van der Waals surface area contributed by atoms with E-state index < -0.39 is 4.92 Å². The maximum absolute atomic E-state index is 11.0. The molecule has 0 aliphatic carbocycles. The molecule has 104 valence electrons. The highest BCUT2D eigenvalue weighted by atomic mass is 35.5. The zero-order valence-corrected chi connectivity index (χ0v) is 11.2. The fraction of sp³-hybridized carbons (Fsp3) is 0.143. The molecule has 20 heavy (non-hydrogen) atoms. The maximum atomic E-state index is 11.0. The molecular formula is C14H12ClNO4. The van der Waals surface area contributed by atoms with E-state index in [1.54, 1.807) is 18.2 Å². The quantitative estimate of drug-likeness (QED) is 0.675. The van der Waals surface area contributed by atoms with Gasteiger partial charge in [-0.05, 0) is 24.1 Å². The summed E-state index contributed by atoms with van der Waals surface area (Å²) in [5.41, 5.74) is 0.609. The standard InChI is InChI=1S/C14H12ClNO4/c15-11-5-6-12(16(18)19)14(9-11)20-13-4-2-1-3-10(13)7-8-17/h1-6,9,17H,7-8H2. The van der Waals surface area contributed by atoms with Crippen LogP contribution in [-0.4, -0.2) is 16.6 Å². The minimum Gasteiger partial charge on any atom is -0.450 e. The number of aliphatic hydroxyl groups excluding tert-OH is 1. The molecule has 0 radical (unpaired) electrons. The van der Waals surface area contributed by atoms with E-state index in [2.05, 4.69) is 0 Å². The number of hydrogen-bond acceptors (Lipinski definition) is 4. The van der Waals surface area contributed by atoms with E-state index in [0.717, 1.165) is 5.56 Å². The van der Waals surface area contributed by atoms with Crippen molar-refractivity contribution in [1.29, 1.82) is 0 Å². The van der Waals surface area contributed by atoms with E-state index in [9.17, 15) is 10.1 Å². The van der Waals surface area contributed by atoms with Gasteiger partial charge in [0.25, 0.3) is 0 Å². The van der Waals surface area contributed by atoms with Crippen LogP contribution < -0.4 is 4.74 Å². The normalized spacial score (nSPS) is 10.3. The van der Waals surface area contributed by atoms with Crippen LogP contribution >= 0.6 is 11.6 Å². The smallest absolute Gasteiger partial charge is 0.311 e. The second-order valence-corrected chi connectivity index (χ2v) is 4.49. The summed E-state index contributed by atoms with van der Waals surface area (Å²) in [4.78, 5) is 10.4. The number of aliphatic hydroxyl groups is 1. The molecule has 6 heteroatoms. The Balaban J connectivity index is 2.39. The molecule has 1 N–H and O–H groups in total. The predicted molar refractivity (Wildman–Crippen MR) is 75.4 cm³/mol. The van der Waals surface area contributed by atoms with Gasteiger partial charge in [-0.1, -0.05) is 29.8 Å². The van der Waals surface area contributed by atoms with E-state index in [0.29, 0.717) is 17.2 Å². The van der Waals surface area contributed by atoms with Crippen LogP contribution in [0.3, 0.4) is 0 Å². The van der Waals surface area contributed by atoms with Gasteiger partial charge >= 0.3 is 5.69 Å². The van der Waals surface area contributed by atoms with Crippen LogP contribution in [-0.2, 0) is 6.42 Å². The summed E-state index contributed by atoms with van der Waals surface area (Å²) < 4.78 is 5.60. The Labute approximate surface area is 120 Å². The molecular weight excluding hydrogens is 282 g/mol. The lowest BCUT2D eigenvalue weighted by atomic mass is 10.1. The number of rotatable bonds is 5. The second-order valence-electron chi connectivity index (χ2n) is 4.05. The summed E-state index contributed by atoms with van der Waals surface area (Å²) in [6.07, 6.45) is 0.407. The highest BCUT2D eigenvalue weighted by Gasteiger charge is 2.17. The fourth-order valence-corrected chi connectivity index (χ4v) is 1.93. The summed E-state index contributed by atoms with van der Waals surface area (Å²) in [7, 11) is 0. The number of benzene rings is 2. The van der Waals surface area contributed by atoms with E-state index in [1.807, 2.05) is 6.07 Å². The largest absolute Gasteiger partial charge is 0.450 e. The first kappa shape index (κ1) is 14.3. The van der Waals surface area contributed by atoms with Gasteiger partial charge in [-0.15, -0.1) is 0 Å². The number of nitrogens with zero attached hydrogens (tertiary/aromatic N) is 1. The second kappa shape index (κ2) is 6.36. The van der Waals surface area contributed by atoms with Crippen LogP contribution in [0.2, 0.25) is 5.02 Å². The van der Waals surface area contributed by atoms with Crippen LogP contribution in [0.15, 0.2) is 42.5 Å². The third kappa shape index (κ3) is 3.26. The SMILES string of the molecule is O=[N+]([O-])c1ccc(Cl)cc1Oc1ccccc1CCO. The Bertz CT molecular complexity index is 630. The van der Waals surface area contributed by atoms with Gasteiger partial charge in [0.15, 0.2) is 0 Å². The van der Waals surface area contributed by atoms with Crippen molar-refractivity contribution >= 4 is 17.3 Å². The monoisotopic (exact) mass is 293 g/mol. The van der Waals surface area contributed by atoms with E-state index in [-0.39, 0.29) is 18.0 Å². The first-order chi connectivity index (χ1) is 9.61. The summed E-state index contributed by atoms with van der Waals surface area (Å²) in [5.74, 6) is 0.541. The lowest BCUT2D eigenvalue weighted by Crippen LogP contribution is -1.97. The van der Waals surface area contributed by atoms with Crippen molar-refractivity contribution in [2.75, 3.05) is 6.61 Å². The predicted octanol–water partition coefficient (Wildman–Crippen LogP) is 3.58. The molecule has 0 atom stereocenters. The molecule has 0 aliphatic heterocycles. The maximum Gasteiger partial charge on any atom is 0.311 e. The zero-order chi connectivity index (χ0) is 14.5. The average Bonchev–Trinajstić information content (AvgIpc) is 2.41. The number of ether oxygens (including phenoxy) is 1. The third-order valence-corrected chi connectivity index (χ3v) is 2.93. The summed E-state index contributed by atoms with van der Waals surface area (Å²) in [6, 6.07) is 11.2. The van der Waals surface area contributed by atoms with Crippen molar-refractivity contribution < 1.29 is 14.8 Å². The highest BCUT2D eigenvalue weighted by Crippen LogP contribution is 2.35. The number of nitro groups is 1. The van der Waals surface area contributed by atoms with E-state index in [1.165, 1.54) is 18.2 Å². The summed E-state index contributed by atoms with van der Waals surface area (Å²) in [6.45, 7) is -0.0297. The number of halogens is 1. The van der Waals surface area contributed by atoms with Gasteiger partial charge in [0.2, 0.25) is 5.75 Å². The number of para-hydroxylation sites is 1. The van der Waals surface area contributed by atoms with Crippen LogP contribution in [0, 0.1) is 10.1 Å². The number of hydrogen-bond donors (Lipinski definition) is 1. The first-order valence-electron chi connectivity index (χ1n) is 5.92. The number of nitro benzene ring substituents is 1. The molecule has 2 aromatic carbocycles. The van der Waals surface area contributed by atoms with Crippen LogP contribution in [0.4, 0.5) is 5.69 Å². The first-order valence-corrected chi connectivity index (χ1v) is 6.30. The molecule has 0 amide bonds. The summed E-state index contributed by atoms with van der Waals surface area (Å²) in [5, 5.41) is 20.3. The van der Waals surface area contributed by atoms with Crippen molar-refractivity contribution in [3.8, 4) is 11.5 Å². The molecule has 0 spiro atoms. The molecule has 0 unspecified atom stereocenters.